The summed E-state index contributed by atoms with van der Waals surface area (Å²) in [5.74, 6) is 0. The van der Waals surface area contributed by atoms with Gasteiger partial charge >= 0.3 is 0 Å². The Morgan fingerprint density at radius 1 is 0.562 bits per heavy atom. The minimum atomic E-state index is -1.75. The van der Waals surface area contributed by atoms with Crippen LogP contribution in [0.3, 0.4) is 0 Å². The number of rotatable bonds is 5. The smallest absolute Gasteiger partial charge is 0.187 e. The molecule has 32 heavy (non-hydrogen) atoms. The van der Waals surface area contributed by atoms with Gasteiger partial charge in [-0.25, -0.2) is 0 Å². The van der Waals surface area contributed by atoms with E-state index in [1.54, 1.807) is 0 Å². The molecule has 3 aliphatic rings. The molecule has 3 aliphatic heterocycles. The second kappa shape index (κ2) is 10.4. The molecule has 0 aliphatic carbocycles. The van der Waals surface area contributed by atoms with Gasteiger partial charge < -0.3 is 69.6 Å². The monoisotopic (exact) mass is 472 g/mol. The summed E-state index contributed by atoms with van der Waals surface area (Å²) < 4.78 is 26.7. The van der Waals surface area contributed by atoms with Gasteiger partial charge in [0.15, 0.2) is 18.9 Å². The fourth-order valence-corrected chi connectivity index (χ4v) is 3.97. The van der Waals surface area contributed by atoms with Crippen LogP contribution in [0.2, 0.25) is 0 Å². The summed E-state index contributed by atoms with van der Waals surface area (Å²) in [7, 11) is 0. The average molecular weight is 472 g/mol. The van der Waals surface area contributed by atoms with E-state index in [9.17, 15) is 46.0 Å². The van der Waals surface area contributed by atoms with Crippen LogP contribution in [0.15, 0.2) is 0 Å². The molecule has 0 saturated carbocycles. The molecule has 0 radical (unpaired) electrons. The molecule has 0 aromatic heterocycles. The SMILES string of the molecule is C[C@@H]1O[C@H](O)[C@H](O)[C@H](O[C@H]2O[C@@H](C)[C@H](O[C@H]3O[C@H](CO)[C@H](O)[C@H](O)[C@H]3O)[C@@H](O)[C@H]2O)[C@H]1O. The Morgan fingerprint density at radius 3 is 1.75 bits per heavy atom. The lowest BCUT2D eigenvalue weighted by Gasteiger charge is -2.47. The number of hydrogen-bond acceptors (Lipinski definition) is 14. The summed E-state index contributed by atoms with van der Waals surface area (Å²) in [6.07, 6.45) is -22.1. The van der Waals surface area contributed by atoms with Gasteiger partial charge in [0.2, 0.25) is 0 Å². The first kappa shape index (κ1) is 26.1. The van der Waals surface area contributed by atoms with Gasteiger partial charge in [0.05, 0.1) is 18.8 Å². The number of ether oxygens (including phenoxy) is 5. The number of hydrogen-bond donors (Lipinski definition) is 9. The zero-order valence-corrected chi connectivity index (χ0v) is 17.4. The lowest BCUT2D eigenvalue weighted by atomic mass is 9.96. The van der Waals surface area contributed by atoms with E-state index < -0.39 is 98.7 Å². The molecule has 14 nitrogen and oxygen atoms in total. The van der Waals surface area contributed by atoms with Gasteiger partial charge in [-0.05, 0) is 13.8 Å². The van der Waals surface area contributed by atoms with Gasteiger partial charge in [0.25, 0.3) is 0 Å². The average Bonchev–Trinajstić information content (AvgIpc) is 2.75. The van der Waals surface area contributed by atoms with Gasteiger partial charge in [0.1, 0.15) is 61.0 Å². The minimum absolute atomic E-state index is 0.678. The molecule has 3 fully saturated rings. The third kappa shape index (κ3) is 4.94. The molecule has 0 amide bonds. The summed E-state index contributed by atoms with van der Waals surface area (Å²) >= 11 is 0. The highest BCUT2D eigenvalue weighted by molar-refractivity contribution is 4.95. The minimum Gasteiger partial charge on any atom is -0.394 e. The Labute approximate surface area is 183 Å². The van der Waals surface area contributed by atoms with Crippen LogP contribution >= 0.6 is 0 Å². The van der Waals surface area contributed by atoms with Gasteiger partial charge in [0, 0.05) is 0 Å². The van der Waals surface area contributed by atoms with Crippen molar-refractivity contribution in [1.82, 2.24) is 0 Å². The number of aliphatic hydroxyl groups excluding tert-OH is 9. The van der Waals surface area contributed by atoms with E-state index in [-0.39, 0.29) is 0 Å². The van der Waals surface area contributed by atoms with Crippen molar-refractivity contribution in [2.45, 2.75) is 106 Å². The first-order chi connectivity index (χ1) is 15.0. The summed E-state index contributed by atoms with van der Waals surface area (Å²) in [6.45, 7) is 2.20. The Balaban J connectivity index is 1.67. The highest BCUT2D eigenvalue weighted by Crippen LogP contribution is 2.31. The standard InChI is InChI=1S/C18H32O14/c1-4-7(20)15(13(26)16(27)28-4)32-17-12(25)10(23)14(5(2)29-17)31-18-11(24)9(22)8(21)6(3-19)30-18/h4-27H,3H2,1-2H3/t4-,5-,6+,7-,8-,9-,10-,11+,12+,13+,14-,15+,16-,17+,18+/m0/s1. The maximum absolute atomic E-state index is 10.6. The Kier molecular flexibility index (Phi) is 8.44. The topological polar surface area (TPSA) is 228 Å². The predicted molar refractivity (Wildman–Crippen MR) is 98.4 cm³/mol. The van der Waals surface area contributed by atoms with Crippen LogP contribution in [0.1, 0.15) is 13.8 Å². The molecule has 0 aromatic carbocycles. The van der Waals surface area contributed by atoms with Crippen molar-refractivity contribution in [1.29, 1.82) is 0 Å². The van der Waals surface area contributed by atoms with Crippen LogP contribution in [-0.2, 0) is 23.7 Å². The summed E-state index contributed by atoms with van der Waals surface area (Å²) in [5.41, 5.74) is 0. The van der Waals surface area contributed by atoms with Gasteiger partial charge in [-0.1, -0.05) is 0 Å². The fourth-order valence-electron chi connectivity index (χ4n) is 3.97. The summed E-state index contributed by atoms with van der Waals surface area (Å²) in [6, 6.07) is 0. The van der Waals surface area contributed by atoms with E-state index >= 15 is 0 Å². The van der Waals surface area contributed by atoms with Crippen molar-refractivity contribution < 1.29 is 69.6 Å². The summed E-state index contributed by atoms with van der Waals surface area (Å²) in [5, 5.41) is 90.2. The van der Waals surface area contributed by atoms with Gasteiger partial charge in [-0.2, -0.15) is 0 Å². The molecular formula is C18H32O14. The highest BCUT2D eigenvalue weighted by Gasteiger charge is 2.52. The number of aliphatic hydroxyl groups is 9. The van der Waals surface area contributed by atoms with Crippen molar-refractivity contribution in [3.63, 3.8) is 0 Å². The van der Waals surface area contributed by atoms with E-state index in [2.05, 4.69) is 0 Å². The quantitative estimate of drug-likeness (QED) is 0.182. The molecule has 0 spiro atoms. The molecule has 3 saturated heterocycles. The van der Waals surface area contributed by atoms with E-state index in [1.165, 1.54) is 13.8 Å². The molecule has 14 heteroatoms. The fraction of sp³-hybridized carbons (Fsp3) is 1.00. The van der Waals surface area contributed by atoms with Crippen LogP contribution in [-0.4, -0.2) is 145 Å². The lowest BCUT2D eigenvalue weighted by Crippen LogP contribution is -2.65. The van der Waals surface area contributed by atoms with Gasteiger partial charge in [-0.3, -0.25) is 0 Å². The van der Waals surface area contributed by atoms with Crippen molar-refractivity contribution in [2.75, 3.05) is 6.61 Å². The maximum atomic E-state index is 10.6. The lowest BCUT2D eigenvalue weighted by molar-refractivity contribution is -0.373. The largest absolute Gasteiger partial charge is 0.394 e. The zero-order chi connectivity index (χ0) is 23.9. The predicted octanol–water partition coefficient (Wildman–Crippen LogP) is -5.52. The third-order valence-electron chi connectivity index (χ3n) is 6.01. The van der Waals surface area contributed by atoms with Crippen molar-refractivity contribution in [3.8, 4) is 0 Å². The Bertz CT molecular complexity index is 594. The van der Waals surface area contributed by atoms with Crippen LogP contribution in [0.4, 0.5) is 0 Å². The van der Waals surface area contributed by atoms with E-state index in [1.807, 2.05) is 0 Å². The van der Waals surface area contributed by atoms with Crippen LogP contribution in [0, 0.1) is 0 Å². The molecular weight excluding hydrogens is 440 g/mol. The molecule has 188 valence electrons. The normalized spacial score (nSPS) is 55.0. The molecule has 15 atom stereocenters. The van der Waals surface area contributed by atoms with Crippen molar-refractivity contribution >= 4 is 0 Å². The highest BCUT2D eigenvalue weighted by atomic mass is 16.7. The van der Waals surface area contributed by atoms with E-state index in [0.29, 0.717) is 0 Å². The second-order valence-corrected chi connectivity index (χ2v) is 8.30. The van der Waals surface area contributed by atoms with Crippen molar-refractivity contribution in [2.24, 2.45) is 0 Å². The van der Waals surface area contributed by atoms with Crippen LogP contribution in [0.5, 0.6) is 0 Å². The third-order valence-corrected chi connectivity index (χ3v) is 6.01. The molecule has 3 rings (SSSR count). The Morgan fingerprint density at radius 2 is 1.12 bits per heavy atom. The van der Waals surface area contributed by atoms with Crippen LogP contribution in [0.25, 0.3) is 0 Å². The first-order valence-corrected chi connectivity index (χ1v) is 10.3. The van der Waals surface area contributed by atoms with Crippen LogP contribution < -0.4 is 0 Å². The molecule has 3 heterocycles. The molecule has 0 unspecified atom stereocenters. The zero-order valence-electron chi connectivity index (χ0n) is 17.4. The van der Waals surface area contributed by atoms with Gasteiger partial charge in [-0.15, -0.1) is 0 Å². The van der Waals surface area contributed by atoms with E-state index in [4.69, 9.17) is 23.7 Å². The second-order valence-electron chi connectivity index (χ2n) is 8.30. The Hall–Kier alpha value is -0.560. The summed E-state index contributed by atoms with van der Waals surface area (Å²) in [4.78, 5) is 0. The van der Waals surface area contributed by atoms with Crippen molar-refractivity contribution in [3.05, 3.63) is 0 Å². The molecule has 9 N–H and O–H groups in total. The first-order valence-electron chi connectivity index (χ1n) is 10.3. The molecule has 0 aromatic rings. The van der Waals surface area contributed by atoms with E-state index in [0.717, 1.165) is 0 Å². The molecule has 0 bridgehead atoms. The maximum Gasteiger partial charge on any atom is 0.187 e.